The van der Waals surface area contributed by atoms with Crippen LogP contribution in [0.5, 0.6) is 11.5 Å². The number of nitro benzene ring substituents is 1. The van der Waals surface area contributed by atoms with Crippen molar-refractivity contribution < 1.29 is 22.8 Å². The zero-order valence-electron chi connectivity index (χ0n) is 15.6. The molecule has 1 aliphatic heterocycles. The lowest BCUT2D eigenvalue weighted by atomic mass is 10.2. The van der Waals surface area contributed by atoms with Crippen LogP contribution in [0.1, 0.15) is 16.5 Å². The molecule has 1 saturated heterocycles. The first-order valence-electron chi connectivity index (χ1n) is 8.40. The highest BCUT2D eigenvalue weighted by atomic mass is 32.2. The number of rotatable bonds is 6. The number of hydrogen-bond acceptors (Lipinski definition) is 7. The summed E-state index contributed by atoms with van der Waals surface area (Å²) in [6, 6.07) is 9.27. The molecule has 0 radical (unpaired) electrons. The SMILES string of the molecule is COc1ccc([C@H]2SCCN2S(=O)(=O)c2ccc(C)c([N+](=O)[O-])c2)cc1OC. The molecule has 0 spiro atoms. The highest BCUT2D eigenvalue weighted by Gasteiger charge is 2.38. The molecule has 0 amide bonds. The van der Waals surface area contributed by atoms with Crippen LogP contribution in [-0.2, 0) is 10.0 Å². The van der Waals surface area contributed by atoms with E-state index in [1.54, 1.807) is 25.1 Å². The highest BCUT2D eigenvalue weighted by molar-refractivity contribution is 8.01. The monoisotopic (exact) mass is 424 g/mol. The summed E-state index contributed by atoms with van der Waals surface area (Å²) in [5.41, 5.74) is 0.956. The van der Waals surface area contributed by atoms with E-state index in [1.807, 2.05) is 0 Å². The Morgan fingerprint density at radius 2 is 1.86 bits per heavy atom. The molecule has 1 atom stereocenters. The Morgan fingerprint density at radius 3 is 2.50 bits per heavy atom. The summed E-state index contributed by atoms with van der Waals surface area (Å²) < 4.78 is 38.4. The lowest BCUT2D eigenvalue weighted by Gasteiger charge is -2.24. The lowest BCUT2D eigenvalue weighted by molar-refractivity contribution is -0.385. The molecule has 2 aromatic rings. The maximum Gasteiger partial charge on any atom is 0.273 e. The minimum absolute atomic E-state index is 0.0854. The number of benzene rings is 2. The predicted octanol–water partition coefficient (Wildman–Crippen LogP) is 3.36. The van der Waals surface area contributed by atoms with Crippen molar-refractivity contribution in [3.8, 4) is 11.5 Å². The molecule has 0 N–H and O–H groups in total. The van der Waals surface area contributed by atoms with Gasteiger partial charge in [0.1, 0.15) is 0 Å². The molecule has 0 saturated carbocycles. The average Bonchev–Trinajstić information content (AvgIpc) is 3.18. The second-order valence-corrected chi connectivity index (χ2v) is 9.24. The van der Waals surface area contributed by atoms with Crippen molar-refractivity contribution in [2.45, 2.75) is 17.2 Å². The number of nitrogens with zero attached hydrogens (tertiary/aromatic N) is 2. The van der Waals surface area contributed by atoms with Gasteiger partial charge < -0.3 is 9.47 Å². The van der Waals surface area contributed by atoms with E-state index in [0.717, 1.165) is 11.6 Å². The van der Waals surface area contributed by atoms with E-state index in [0.29, 0.717) is 29.4 Å². The molecule has 8 nitrogen and oxygen atoms in total. The molecule has 3 rings (SSSR count). The second-order valence-electron chi connectivity index (χ2n) is 6.16. The quantitative estimate of drug-likeness (QED) is 0.518. The number of methoxy groups -OCH3 is 2. The van der Waals surface area contributed by atoms with Crippen molar-refractivity contribution in [3.63, 3.8) is 0 Å². The number of hydrogen-bond donors (Lipinski definition) is 0. The first kappa shape index (κ1) is 20.4. The third-order valence-electron chi connectivity index (χ3n) is 4.53. The van der Waals surface area contributed by atoms with Gasteiger partial charge >= 0.3 is 0 Å². The van der Waals surface area contributed by atoms with E-state index in [1.165, 1.54) is 42.4 Å². The van der Waals surface area contributed by atoms with Crippen LogP contribution in [0.2, 0.25) is 0 Å². The fourth-order valence-corrected chi connectivity index (χ4v) is 6.30. The summed E-state index contributed by atoms with van der Waals surface area (Å²) in [5, 5.41) is 10.8. The Balaban J connectivity index is 2.00. The Hall–Kier alpha value is -2.30. The van der Waals surface area contributed by atoms with E-state index in [4.69, 9.17) is 9.47 Å². The zero-order chi connectivity index (χ0) is 20.5. The summed E-state index contributed by atoms with van der Waals surface area (Å²) in [5.74, 6) is 1.68. The van der Waals surface area contributed by atoms with E-state index >= 15 is 0 Å². The fourth-order valence-electron chi connectivity index (χ4n) is 3.05. The van der Waals surface area contributed by atoms with Gasteiger partial charge in [0.05, 0.1) is 29.4 Å². The van der Waals surface area contributed by atoms with Crippen LogP contribution in [0.3, 0.4) is 0 Å². The van der Waals surface area contributed by atoms with Gasteiger partial charge in [-0.1, -0.05) is 12.1 Å². The molecular weight excluding hydrogens is 404 g/mol. The molecule has 1 heterocycles. The number of aryl methyl sites for hydroxylation is 1. The zero-order valence-corrected chi connectivity index (χ0v) is 17.2. The van der Waals surface area contributed by atoms with Crippen molar-refractivity contribution in [1.29, 1.82) is 0 Å². The highest BCUT2D eigenvalue weighted by Crippen LogP contribution is 2.44. The number of sulfonamides is 1. The van der Waals surface area contributed by atoms with Gasteiger partial charge in [-0.3, -0.25) is 10.1 Å². The number of nitro groups is 1. The van der Waals surface area contributed by atoms with Crippen LogP contribution in [0.4, 0.5) is 5.69 Å². The van der Waals surface area contributed by atoms with Crippen LogP contribution in [0.15, 0.2) is 41.3 Å². The van der Waals surface area contributed by atoms with Gasteiger partial charge in [-0.2, -0.15) is 4.31 Å². The molecule has 10 heteroatoms. The van der Waals surface area contributed by atoms with Gasteiger partial charge in [-0.25, -0.2) is 8.42 Å². The van der Waals surface area contributed by atoms with Gasteiger partial charge in [0.15, 0.2) is 11.5 Å². The maximum atomic E-state index is 13.2. The summed E-state index contributed by atoms with van der Waals surface area (Å²) in [6.07, 6.45) is 0. The third kappa shape index (κ3) is 3.67. The molecule has 0 bridgehead atoms. The van der Waals surface area contributed by atoms with Crippen LogP contribution >= 0.6 is 11.8 Å². The largest absolute Gasteiger partial charge is 0.493 e. The summed E-state index contributed by atoms with van der Waals surface area (Å²) >= 11 is 1.49. The Labute approximate surface area is 167 Å². The molecule has 0 aliphatic carbocycles. The van der Waals surface area contributed by atoms with Crippen molar-refractivity contribution in [2.75, 3.05) is 26.5 Å². The third-order valence-corrected chi connectivity index (χ3v) is 7.78. The summed E-state index contributed by atoms with van der Waals surface area (Å²) in [4.78, 5) is 10.6. The molecule has 2 aromatic carbocycles. The first-order valence-corrected chi connectivity index (χ1v) is 10.9. The van der Waals surface area contributed by atoms with E-state index in [2.05, 4.69) is 0 Å². The molecule has 28 heavy (non-hydrogen) atoms. The van der Waals surface area contributed by atoms with Gasteiger partial charge in [0.2, 0.25) is 10.0 Å². The lowest BCUT2D eigenvalue weighted by Crippen LogP contribution is -2.30. The normalized spacial score (nSPS) is 17.5. The molecule has 0 aromatic heterocycles. The second kappa shape index (κ2) is 7.98. The Kier molecular flexibility index (Phi) is 5.82. The molecular formula is C18H20N2O6S2. The Morgan fingerprint density at radius 1 is 1.14 bits per heavy atom. The number of thioether (sulfide) groups is 1. The van der Waals surface area contributed by atoms with Crippen molar-refractivity contribution >= 4 is 27.5 Å². The topological polar surface area (TPSA) is 99.0 Å². The van der Waals surface area contributed by atoms with Gasteiger partial charge in [0.25, 0.3) is 5.69 Å². The van der Waals surface area contributed by atoms with Crippen LogP contribution in [0.25, 0.3) is 0 Å². The maximum absolute atomic E-state index is 13.2. The van der Waals surface area contributed by atoms with Gasteiger partial charge in [-0.05, 0) is 30.7 Å². The predicted molar refractivity (Wildman–Crippen MR) is 106 cm³/mol. The fraction of sp³-hybridized carbons (Fsp3) is 0.333. The van der Waals surface area contributed by atoms with Crippen molar-refractivity contribution in [3.05, 3.63) is 57.6 Å². The average molecular weight is 425 g/mol. The number of ether oxygens (including phenoxy) is 2. The van der Waals surface area contributed by atoms with E-state index in [9.17, 15) is 18.5 Å². The first-order chi connectivity index (χ1) is 13.3. The van der Waals surface area contributed by atoms with E-state index < -0.39 is 20.3 Å². The van der Waals surface area contributed by atoms with Crippen molar-refractivity contribution in [1.82, 2.24) is 4.31 Å². The molecule has 150 valence electrons. The van der Waals surface area contributed by atoms with Gasteiger partial charge in [0, 0.05) is 23.9 Å². The summed E-state index contributed by atoms with van der Waals surface area (Å²) in [7, 11) is -0.860. The minimum Gasteiger partial charge on any atom is -0.493 e. The van der Waals surface area contributed by atoms with Crippen LogP contribution in [-0.4, -0.2) is 44.2 Å². The minimum atomic E-state index is -3.91. The standard InChI is InChI=1S/C18H20N2O6S2/c1-12-4-6-14(11-15(12)20(21)22)28(23,24)19-8-9-27-18(19)13-5-7-16(25-2)17(10-13)26-3/h4-7,10-11,18H,8-9H2,1-3H3/t18-/m1/s1. The van der Waals surface area contributed by atoms with Crippen LogP contribution < -0.4 is 9.47 Å². The molecule has 1 aliphatic rings. The van der Waals surface area contributed by atoms with E-state index in [-0.39, 0.29) is 10.6 Å². The smallest absolute Gasteiger partial charge is 0.273 e. The summed E-state index contributed by atoms with van der Waals surface area (Å²) in [6.45, 7) is 1.89. The molecule has 0 unspecified atom stereocenters. The van der Waals surface area contributed by atoms with Gasteiger partial charge in [-0.15, -0.1) is 11.8 Å². The van der Waals surface area contributed by atoms with Crippen molar-refractivity contribution in [2.24, 2.45) is 0 Å². The molecule has 1 fully saturated rings. The Bertz CT molecular complexity index is 1010. The van der Waals surface area contributed by atoms with Crippen LogP contribution in [0, 0.1) is 17.0 Å².